The average Bonchev–Trinajstić information content (AvgIpc) is 2.64. The largest absolute Gasteiger partial charge is 0.465 e. The second kappa shape index (κ2) is 7.82. The summed E-state index contributed by atoms with van der Waals surface area (Å²) in [4.78, 5) is 37.1. The molecule has 9 heteroatoms. The Labute approximate surface area is 168 Å². The van der Waals surface area contributed by atoms with Gasteiger partial charge >= 0.3 is 12.1 Å². The van der Waals surface area contributed by atoms with Crippen molar-refractivity contribution in [3.63, 3.8) is 0 Å². The van der Waals surface area contributed by atoms with E-state index < -0.39 is 22.6 Å². The number of ether oxygens (including phenoxy) is 3. The summed E-state index contributed by atoms with van der Waals surface area (Å²) in [6, 6.07) is 3.60. The van der Waals surface area contributed by atoms with Crippen molar-refractivity contribution in [3.8, 4) is 0 Å². The first-order chi connectivity index (χ1) is 13.6. The van der Waals surface area contributed by atoms with Crippen molar-refractivity contribution in [2.75, 3.05) is 20.3 Å². The molecule has 29 heavy (non-hydrogen) atoms. The van der Waals surface area contributed by atoms with Crippen molar-refractivity contribution < 1.29 is 28.7 Å². The Bertz CT molecular complexity index is 872. The third kappa shape index (κ3) is 4.40. The van der Waals surface area contributed by atoms with Gasteiger partial charge in [-0.3, -0.25) is 15.0 Å². The van der Waals surface area contributed by atoms with Gasteiger partial charge in [-0.1, -0.05) is 6.08 Å². The monoisotopic (exact) mass is 404 g/mol. The van der Waals surface area contributed by atoms with Gasteiger partial charge in [0.2, 0.25) is 0 Å². The number of esters is 1. The van der Waals surface area contributed by atoms with E-state index in [1.165, 1.54) is 19.2 Å². The molecule has 2 bridgehead atoms. The SMILES string of the molecule is COC(=O)c1ccc(C2=CC3COCC(C2)N3C(=O)OC(C)(C)C)c([N+](=O)[O-])c1. The second-order valence-corrected chi connectivity index (χ2v) is 8.02. The highest BCUT2D eigenvalue weighted by atomic mass is 16.6. The maximum Gasteiger partial charge on any atom is 0.411 e. The van der Waals surface area contributed by atoms with Crippen molar-refractivity contribution >= 4 is 23.3 Å². The van der Waals surface area contributed by atoms with E-state index in [1.807, 2.05) is 0 Å². The molecule has 2 aliphatic rings. The number of fused-ring (bicyclic) bond motifs is 2. The Morgan fingerprint density at radius 3 is 2.59 bits per heavy atom. The molecule has 3 rings (SSSR count). The van der Waals surface area contributed by atoms with Crippen LogP contribution in [0.3, 0.4) is 0 Å². The fourth-order valence-corrected chi connectivity index (χ4v) is 3.59. The third-order valence-electron chi connectivity index (χ3n) is 4.76. The highest BCUT2D eigenvalue weighted by Crippen LogP contribution is 2.37. The van der Waals surface area contributed by atoms with Crippen molar-refractivity contribution in [3.05, 3.63) is 45.5 Å². The zero-order valence-corrected chi connectivity index (χ0v) is 16.8. The molecule has 1 saturated heterocycles. The van der Waals surface area contributed by atoms with Gasteiger partial charge in [0.05, 0.1) is 48.5 Å². The lowest BCUT2D eigenvalue weighted by atomic mass is 9.89. The Morgan fingerprint density at radius 1 is 1.28 bits per heavy atom. The molecule has 9 nitrogen and oxygen atoms in total. The molecular formula is C20H24N2O7. The molecule has 156 valence electrons. The standard InChI is InChI=1S/C20H24N2O7/c1-20(2,3)29-19(24)21-14-7-13(8-15(21)11-28-10-14)16-6-5-12(18(23)27-4)9-17(16)22(25)26/h5-7,9,14-15H,8,10-11H2,1-4H3. The number of amides is 1. The molecule has 0 spiro atoms. The minimum absolute atomic E-state index is 0.110. The number of nitro groups is 1. The van der Waals surface area contributed by atoms with Crippen molar-refractivity contribution in [1.82, 2.24) is 4.90 Å². The number of nitrogens with zero attached hydrogens (tertiary/aromatic N) is 2. The molecule has 0 radical (unpaired) electrons. The Kier molecular flexibility index (Phi) is 5.61. The van der Waals surface area contributed by atoms with Gasteiger partial charge in [0.25, 0.3) is 5.69 Å². The van der Waals surface area contributed by atoms with Crippen LogP contribution < -0.4 is 0 Å². The summed E-state index contributed by atoms with van der Waals surface area (Å²) in [5.74, 6) is -0.640. The Morgan fingerprint density at radius 2 is 2.00 bits per heavy atom. The summed E-state index contributed by atoms with van der Waals surface area (Å²) in [5, 5.41) is 11.6. The fourth-order valence-electron chi connectivity index (χ4n) is 3.59. The maximum absolute atomic E-state index is 12.7. The minimum atomic E-state index is -0.640. The van der Waals surface area contributed by atoms with Crippen molar-refractivity contribution in [2.24, 2.45) is 0 Å². The van der Waals surface area contributed by atoms with Crippen molar-refractivity contribution in [1.29, 1.82) is 0 Å². The van der Waals surface area contributed by atoms with Crippen molar-refractivity contribution in [2.45, 2.75) is 44.9 Å². The quantitative estimate of drug-likeness (QED) is 0.432. The van der Waals surface area contributed by atoms with E-state index in [9.17, 15) is 19.7 Å². The smallest absolute Gasteiger partial charge is 0.411 e. The number of carbonyl (C=O) groups excluding carboxylic acids is 2. The Balaban J connectivity index is 1.96. The molecule has 2 aliphatic heterocycles. The second-order valence-electron chi connectivity index (χ2n) is 8.02. The zero-order valence-electron chi connectivity index (χ0n) is 16.8. The average molecular weight is 404 g/mol. The van der Waals surface area contributed by atoms with Gasteiger partial charge in [-0.25, -0.2) is 9.59 Å². The lowest BCUT2D eigenvalue weighted by Gasteiger charge is -2.44. The van der Waals surface area contributed by atoms with E-state index >= 15 is 0 Å². The van der Waals surface area contributed by atoms with E-state index in [0.29, 0.717) is 18.6 Å². The number of hydrogen-bond acceptors (Lipinski definition) is 7. The number of carbonyl (C=O) groups is 2. The molecule has 1 aromatic rings. The minimum Gasteiger partial charge on any atom is -0.465 e. The van der Waals surface area contributed by atoms with Crippen LogP contribution >= 0.6 is 0 Å². The van der Waals surface area contributed by atoms with E-state index in [1.54, 1.807) is 37.8 Å². The van der Waals surface area contributed by atoms with Crippen LogP contribution in [0.2, 0.25) is 0 Å². The van der Waals surface area contributed by atoms with Crippen LogP contribution in [0.4, 0.5) is 10.5 Å². The molecule has 1 aromatic carbocycles. The van der Waals surface area contributed by atoms with Gasteiger partial charge < -0.3 is 14.2 Å². The molecule has 0 N–H and O–H groups in total. The summed E-state index contributed by atoms with van der Waals surface area (Å²) in [6.07, 6.45) is 1.76. The number of hydrogen-bond donors (Lipinski definition) is 0. The summed E-state index contributed by atoms with van der Waals surface area (Å²) in [6.45, 7) is 6.01. The predicted octanol–water partition coefficient (Wildman–Crippen LogP) is 3.17. The molecule has 0 saturated carbocycles. The third-order valence-corrected chi connectivity index (χ3v) is 4.76. The number of morpholine rings is 1. The van der Waals surface area contributed by atoms with Gasteiger partial charge in [0.1, 0.15) is 5.60 Å². The van der Waals surface area contributed by atoms with Crippen LogP contribution in [0.1, 0.15) is 43.1 Å². The first-order valence-corrected chi connectivity index (χ1v) is 9.27. The summed E-state index contributed by atoms with van der Waals surface area (Å²) < 4.78 is 15.7. The van der Waals surface area contributed by atoms with Crippen LogP contribution in [0, 0.1) is 10.1 Å². The molecular weight excluding hydrogens is 380 g/mol. The van der Waals surface area contributed by atoms with E-state index in [0.717, 1.165) is 5.57 Å². The predicted molar refractivity (Wildman–Crippen MR) is 103 cm³/mol. The van der Waals surface area contributed by atoms with Crippen LogP contribution in [0.25, 0.3) is 5.57 Å². The first kappa shape index (κ1) is 20.8. The molecule has 1 amide bonds. The summed E-state index contributed by atoms with van der Waals surface area (Å²) >= 11 is 0. The lowest BCUT2D eigenvalue weighted by Crippen LogP contribution is -2.57. The first-order valence-electron chi connectivity index (χ1n) is 9.27. The number of nitro benzene ring substituents is 1. The van der Waals surface area contributed by atoms with Crippen LogP contribution in [-0.2, 0) is 14.2 Å². The Hall–Kier alpha value is -2.94. The van der Waals surface area contributed by atoms with Crippen LogP contribution in [0.5, 0.6) is 0 Å². The van der Waals surface area contributed by atoms with Gasteiger partial charge in [-0.05, 0) is 44.9 Å². The van der Waals surface area contributed by atoms with Gasteiger partial charge in [-0.15, -0.1) is 0 Å². The number of benzene rings is 1. The lowest BCUT2D eigenvalue weighted by molar-refractivity contribution is -0.385. The van der Waals surface area contributed by atoms with Crippen LogP contribution in [-0.4, -0.2) is 59.9 Å². The number of rotatable bonds is 3. The molecule has 2 unspecified atom stereocenters. The molecule has 0 aromatic heterocycles. The topological polar surface area (TPSA) is 108 Å². The normalized spacial score (nSPS) is 21.2. The highest BCUT2D eigenvalue weighted by molar-refractivity contribution is 5.91. The summed E-state index contributed by atoms with van der Waals surface area (Å²) in [5.41, 5.74) is 0.468. The molecule has 2 atom stereocenters. The van der Waals surface area contributed by atoms with E-state index in [4.69, 9.17) is 9.47 Å². The maximum atomic E-state index is 12.7. The fraction of sp³-hybridized carbons (Fsp3) is 0.500. The molecule has 1 fully saturated rings. The van der Waals surface area contributed by atoms with Gasteiger partial charge in [0, 0.05) is 6.07 Å². The van der Waals surface area contributed by atoms with Crippen LogP contribution in [0.15, 0.2) is 24.3 Å². The van der Waals surface area contributed by atoms with E-state index in [-0.39, 0.29) is 29.9 Å². The molecule has 2 heterocycles. The zero-order chi connectivity index (χ0) is 21.3. The number of methoxy groups -OCH3 is 1. The summed E-state index contributed by atoms with van der Waals surface area (Å²) in [7, 11) is 1.22. The molecule has 0 aliphatic carbocycles. The van der Waals surface area contributed by atoms with Gasteiger partial charge in [0.15, 0.2) is 0 Å². The highest BCUT2D eigenvalue weighted by Gasteiger charge is 2.41. The van der Waals surface area contributed by atoms with Gasteiger partial charge in [-0.2, -0.15) is 0 Å². The van der Waals surface area contributed by atoms with E-state index in [2.05, 4.69) is 4.74 Å².